The van der Waals surface area contributed by atoms with Crippen molar-refractivity contribution in [3.63, 3.8) is 0 Å². The van der Waals surface area contributed by atoms with Crippen LogP contribution in [0.3, 0.4) is 0 Å². The van der Waals surface area contributed by atoms with Gasteiger partial charge in [0.05, 0.1) is 11.7 Å². The lowest BCUT2D eigenvalue weighted by Gasteiger charge is -2.20. The Kier molecular flexibility index (Phi) is 4.31. The maximum atomic E-state index is 4.50. The molecule has 1 atom stereocenters. The minimum atomic E-state index is 0.0195. The van der Waals surface area contributed by atoms with Crippen molar-refractivity contribution in [3.05, 3.63) is 94.7 Å². The molecule has 2 nitrogen and oxygen atoms in total. The first kappa shape index (κ1) is 13.8. The quantitative estimate of drug-likeness (QED) is 0.720. The molecule has 0 fully saturated rings. The SMILES string of the molecule is Brc1ccccc1NC(c1ccccc1)c1ccccn1. The zero-order valence-electron chi connectivity index (χ0n) is 11.4. The van der Waals surface area contributed by atoms with E-state index in [0.29, 0.717) is 0 Å². The van der Waals surface area contributed by atoms with Crippen molar-refractivity contribution in [1.29, 1.82) is 0 Å². The van der Waals surface area contributed by atoms with E-state index in [1.165, 1.54) is 5.56 Å². The molecule has 0 saturated heterocycles. The molecule has 1 unspecified atom stereocenters. The topological polar surface area (TPSA) is 24.9 Å². The third kappa shape index (κ3) is 3.31. The first-order valence-corrected chi connectivity index (χ1v) is 7.61. The lowest BCUT2D eigenvalue weighted by Crippen LogP contribution is -2.14. The highest BCUT2D eigenvalue weighted by molar-refractivity contribution is 9.10. The number of aromatic nitrogens is 1. The summed E-state index contributed by atoms with van der Waals surface area (Å²) >= 11 is 3.59. The highest BCUT2D eigenvalue weighted by atomic mass is 79.9. The van der Waals surface area contributed by atoms with E-state index >= 15 is 0 Å². The zero-order chi connectivity index (χ0) is 14.5. The van der Waals surface area contributed by atoms with Gasteiger partial charge < -0.3 is 5.32 Å². The molecule has 0 amide bonds. The first-order valence-electron chi connectivity index (χ1n) is 6.81. The Morgan fingerprint density at radius 1 is 0.810 bits per heavy atom. The van der Waals surface area contributed by atoms with Crippen LogP contribution in [0.25, 0.3) is 0 Å². The smallest absolute Gasteiger partial charge is 0.0940 e. The van der Waals surface area contributed by atoms with E-state index in [2.05, 4.69) is 44.4 Å². The minimum Gasteiger partial charge on any atom is -0.372 e. The van der Waals surface area contributed by atoms with Gasteiger partial charge in [-0.3, -0.25) is 4.98 Å². The molecule has 1 aromatic heterocycles. The number of hydrogen-bond acceptors (Lipinski definition) is 2. The van der Waals surface area contributed by atoms with Crippen LogP contribution in [0, 0.1) is 0 Å². The van der Waals surface area contributed by atoms with E-state index in [1.807, 2.05) is 60.8 Å². The number of anilines is 1. The van der Waals surface area contributed by atoms with Crippen LogP contribution in [0.15, 0.2) is 83.5 Å². The Labute approximate surface area is 133 Å². The molecule has 0 radical (unpaired) electrons. The second-order valence-corrected chi connectivity index (χ2v) is 5.58. The maximum absolute atomic E-state index is 4.50. The molecule has 3 heteroatoms. The van der Waals surface area contributed by atoms with E-state index < -0.39 is 0 Å². The monoisotopic (exact) mass is 338 g/mol. The van der Waals surface area contributed by atoms with Crippen LogP contribution in [0.4, 0.5) is 5.69 Å². The fourth-order valence-electron chi connectivity index (χ4n) is 2.25. The molecule has 1 N–H and O–H groups in total. The highest BCUT2D eigenvalue weighted by Gasteiger charge is 2.15. The number of rotatable bonds is 4. The van der Waals surface area contributed by atoms with Crippen molar-refractivity contribution in [2.24, 2.45) is 0 Å². The van der Waals surface area contributed by atoms with Gasteiger partial charge in [-0.15, -0.1) is 0 Å². The average molecular weight is 339 g/mol. The molecular formula is C18H15BrN2. The lowest BCUT2D eigenvalue weighted by atomic mass is 10.0. The van der Waals surface area contributed by atoms with Crippen molar-refractivity contribution in [1.82, 2.24) is 4.98 Å². The van der Waals surface area contributed by atoms with Gasteiger partial charge >= 0.3 is 0 Å². The van der Waals surface area contributed by atoms with Crippen molar-refractivity contribution >= 4 is 21.6 Å². The number of pyridine rings is 1. The summed E-state index contributed by atoms with van der Waals surface area (Å²) in [5.74, 6) is 0. The Balaban J connectivity index is 1.99. The third-order valence-corrected chi connectivity index (χ3v) is 3.98. The number of nitrogens with one attached hydrogen (secondary N) is 1. The van der Waals surface area contributed by atoms with Gasteiger partial charge in [0, 0.05) is 16.4 Å². The van der Waals surface area contributed by atoms with E-state index in [-0.39, 0.29) is 6.04 Å². The van der Waals surface area contributed by atoms with Gasteiger partial charge in [-0.05, 0) is 45.8 Å². The predicted octanol–water partition coefficient (Wildman–Crippen LogP) is 5.05. The van der Waals surface area contributed by atoms with E-state index in [9.17, 15) is 0 Å². The van der Waals surface area contributed by atoms with Gasteiger partial charge in [-0.1, -0.05) is 48.5 Å². The highest BCUT2D eigenvalue weighted by Crippen LogP contribution is 2.29. The van der Waals surface area contributed by atoms with Crippen molar-refractivity contribution in [3.8, 4) is 0 Å². The largest absolute Gasteiger partial charge is 0.372 e. The molecule has 0 aliphatic heterocycles. The summed E-state index contributed by atoms with van der Waals surface area (Å²) in [6, 6.07) is 24.5. The van der Waals surface area contributed by atoms with Crippen LogP contribution in [0.1, 0.15) is 17.3 Å². The third-order valence-electron chi connectivity index (χ3n) is 3.29. The molecule has 104 valence electrons. The van der Waals surface area contributed by atoms with Gasteiger partial charge in [0.25, 0.3) is 0 Å². The van der Waals surface area contributed by atoms with Crippen molar-refractivity contribution < 1.29 is 0 Å². The van der Waals surface area contributed by atoms with E-state index in [0.717, 1.165) is 15.9 Å². The fourth-order valence-corrected chi connectivity index (χ4v) is 2.65. The molecule has 3 aromatic rings. The fraction of sp³-hybridized carbons (Fsp3) is 0.0556. The molecule has 0 spiro atoms. The summed E-state index contributed by atoms with van der Waals surface area (Å²) in [6.07, 6.45) is 1.83. The predicted molar refractivity (Wildman–Crippen MR) is 90.3 cm³/mol. The van der Waals surface area contributed by atoms with Gasteiger partial charge in [-0.2, -0.15) is 0 Å². The van der Waals surface area contributed by atoms with Gasteiger partial charge in [-0.25, -0.2) is 0 Å². The van der Waals surface area contributed by atoms with Crippen molar-refractivity contribution in [2.45, 2.75) is 6.04 Å². The number of para-hydroxylation sites is 1. The number of nitrogens with zero attached hydrogens (tertiary/aromatic N) is 1. The molecule has 0 aliphatic carbocycles. The molecule has 0 saturated carbocycles. The average Bonchev–Trinajstić information content (AvgIpc) is 2.56. The van der Waals surface area contributed by atoms with Crippen LogP contribution >= 0.6 is 15.9 Å². The molecule has 0 aliphatic rings. The molecule has 1 heterocycles. The normalized spacial score (nSPS) is 11.9. The Hall–Kier alpha value is -2.13. The second-order valence-electron chi connectivity index (χ2n) is 4.72. The van der Waals surface area contributed by atoms with Crippen LogP contribution < -0.4 is 5.32 Å². The Morgan fingerprint density at radius 2 is 1.52 bits per heavy atom. The standard InChI is InChI=1S/C18H15BrN2/c19-15-10-4-5-11-16(15)21-18(14-8-2-1-3-9-14)17-12-6-7-13-20-17/h1-13,18,21H. The summed E-state index contributed by atoms with van der Waals surface area (Å²) in [5.41, 5.74) is 3.24. The van der Waals surface area contributed by atoms with Crippen LogP contribution in [0.5, 0.6) is 0 Å². The zero-order valence-corrected chi connectivity index (χ0v) is 13.0. The molecule has 2 aromatic carbocycles. The van der Waals surface area contributed by atoms with Gasteiger partial charge in [0.15, 0.2) is 0 Å². The van der Waals surface area contributed by atoms with Crippen molar-refractivity contribution in [2.75, 3.05) is 5.32 Å². The molecular weight excluding hydrogens is 324 g/mol. The van der Waals surface area contributed by atoms with Gasteiger partial charge in [0.2, 0.25) is 0 Å². The summed E-state index contributed by atoms with van der Waals surface area (Å²) < 4.78 is 1.04. The number of benzene rings is 2. The van der Waals surface area contributed by atoms with Crippen LogP contribution in [-0.4, -0.2) is 4.98 Å². The van der Waals surface area contributed by atoms with E-state index in [1.54, 1.807) is 0 Å². The minimum absolute atomic E-state index is 0.0195. The van der Waals surface area contributed by atoms with E-state index in [4.69, 9.17) is 0 Å². The first-order chi connectivity index (χ1) is 10.3. The summed E-state index contributed by atoms with van der Waals surface area (Å²) in [5, 5.41) is 3.57. The van der Waals surface area contributed by atoms with Gasteiger partial charge in [0.1, 0.15) is 0 Å². The number of halogens is 1. The summed E-state index contributed by atoms with van der Waals surface area (Å²) in [7, 11) is 0. The Morgan fingerprint density at radius 3 is 2.24 bits per heavy atom. The second kappa shape index (κ2) is 6.55. The van der Waals surface area contributed by atoms with Crippen LogP contribution in [0.2, 0.25) is 0 Å². The molecule has 0 bridgehead atoms. The molecule has 21 heavy (non-hydrogen) atoms. The maximum Gasteiger partial charge on any atom is 0.0940 e. The van der Waals surface area contributed by atoms with Crippen LogP contribution in [-0.2, 0) is 0 Å². The molecule has 3 rings (SSSR count). The lowest BCUT2D eigenvalue weighted by molar-refractivity contribution is 0.886. The summed E-state index contributed by atoms with van der Waals surface area (Å²) in [6.45, 7) is 0. The Bertz CT molecular complexity index is 659. The number of hydrogen-bond donors (Lipinski definition) is 1. The summed E-state index contributed by atoms with van der Waals surface area (Å²) in [4.78, 5) is 4.50.